The van der Waals surface area contributed by atoms with Crippen LogP contribution in [0.4, 0.5) is 5.69 Å². The molecule has 0 atom stereocenters. The molecular weight excluding hydrogens is 346 g/mol. The van der Waals surface area contributed by atoms with Crippen LogP contribution in [0.5, 0.6) is 17.2 Å². The van der Waals surface area contributed by atoms with Crippen LogP contribution in [0.15, 0.2) is 54.2 Å². The molecule has 2 aromatic carbocycles. The van der Waals surface area contributed by atoms with Crippen LogP contribution in [0.25, 0.3) is 0 Å². The lowest BCUT2D eigenvalue weighted by Crippen LogP contribution is -2.18. The summed E-state index contributed by atoms with van der Waals surface area (Å²) in [5.74, 6) is 0.781. The number of nitriles is 1. The Hall–Kier alpha value is -3.66. The number of phenolic OH excluding ortho intramolecular Hbond substituents is 1. The molecule has 0 fully saturated rings. The second-order valence-electron chi connectivity index (χ2n) is 5.57. The molecule has 0 unspecified atom stereocenters. The molecule has 0 saturated heterocycles. The average molecular weight is 367 g/mol. The molecule has 0 aliphatic carbocycles. The molecule has 0 aliphatic rings. The first kappa shape index (κ1) is 19.7. The highest BCUT2D eigenvalue weighted by molar-refractivity contribution is 6.06. The SMILES string of the molecule is COc1ccc(CCN/C=C(/C#N)C(=O)Nc2cccc(O)c2)cc1OC. The van der Waals surface area contributed by atoms with E-state index in [1.807, 2.05) is 24.3 Å². The van der Waals surface area contributed by atoms with E-state index in [0.717, 1.165) is 5.56 Å². The molecule has 0 bridgehead atoms. The van der Waals surface area contributed by atoms with Crippen LogP contribution in [0, 0.1) is 11.3 Å². The number of benzene rings is 2. The van der Waals surface area contributed by atoms with Crippen molar-refractivity contribution in [3.8, 4) is 23.3 Å². The highest BCUT2D eigenvalue weighted by atomic mass is 16.5. The van der Waals surface area contributed by atoms with E-state index in [4.69, 9.17) is 9.47 Å². The van der Waals surface area contributed by atoms with Gasteiger partial charge in [-0.15, -0.1) is 0 Å². The Morgan fingerprint density at radius 2 is 1.96 bits per heavy atom. The van der Waals surface area contributed by atoms with Crippen molar-refractivity contribution in [1.82, 2.24) is 5.32 Å². The Kier molecular flexibility index (Phi) is 7.08. The van der Waals surface area contributed by atoms with Crippen LogP contribution < -0.4 is 20.1 Å². The van der Waals surface area contributed by atoms with Gasteiger partial charge in [-0.1, -0.05) is 12.1 Å². The smallest absolute Gasteiger partial charge is 0.267 e. The number of carbonyl (C=O) groups is 1. The van der Waals surface area contributed by atoms with Gasteiger partial charge in [0.2, 0.25) is 0 Å². The largest absolute Gasteiger partial charge is 0.508 e. The molecule has 2 rings (SSSR count). The first-order valence-electron chi connectivity index (χ1n) is 8.22. The van der Waals surface area contributed by atoms with Crippen molar-refractivity contribution in [3.05, 3.63) is 59.8 Å². The highest BCUT2D eigenvalue weighted by Crippen LogP contribution is 2.27. The molecule has 0 aromatic heterocycles. The molecule has 140 valence electrons. The zero-order chi connectivity index (χ0) is 19.6. The minimum atomic E-state index is -0.554. The van der Waals surface area contributed by atoms with Crippen LogP contribution in [-0.2, 0) is 11.2 Å². The van der Waals surface area contributed by atoms with E-state index in [0.29, 0.717) is 30.2 Å². The number of phenols is 1. The van der Waals surface area contributed by atoms with Gasteiger partial charge < -0.3 is 25.2 Å². The lowest BCUT2D eigenvalue weighted by molar-refractivity contribution is -0.112. The fourth-order valence-electron chi connectivity index (χ4n) is 2.36. The number of aromatic hydroxyl groups is 1. The summed E-state index contributed by atoms with van der Waals surface area (Å²) in [4.78, 5) is 12.1. The maximum atomic E-state index is 12.1. The molecule has 0 aliphatic heterocycles. The molecular formula is C20H21N3O4. The molecule has 2 aromatic rings. The predicted octanol–water partition coefficient (Wildman–Crippen LogP) is 2.59. The van der Waals surface area contributed by atoms with Crippen molar-refractivity contribution in [1.29, 1.82) is 5.26 Å². The first-order chi connectivity index (χ1) is 13.1. The Balaban J connectivity index is 1.91. The molecule has 7 heteroatoms. The number of nitrogens with zero attached hydrogens (tertiary/aromatic N) is 1. The summed E-state index contributed by atoms with van der Waals surface area (Å²) in [5, 5.41) is 24.1. The summed E-state index contributed by atoms with van der Waals surface area (Å²) < 4.78 is 10.5. The van der Waals surface area contributed by atoms with E-state index in [1.54, 1.807) is 26.4 Å². The van der Waals surface area contributed by atoms with Crippen molar-refractivity contribution in [2.75, 3.05) is 26.1 Å². The third-order valence-electron chi connectivity index (χ3n) is 3.72. The van der Waals surface area contributed by atoms with Crippen molar-refractivity contribution in [3.63, 3.8) is 0 Å². The van der Waals surface area contributed by atoms with Gasteiger partial charge in [-0.3, -0.25) is 4.79 Å². The Bertz CT molecular complexity index is 872. The summed E-state index contributed by atoms with van der Waals surface area (Å²) in [6.45, 7) is 0.528. The standard InChI is InChI=1S/C20H21N3O4/c1-26-18-7-6-14(10-19(18)27-2)8-9-22-13-15(12-21)20(25)23-16-4-3-5-17(24)11-16/h3-7,10-11,13,22,24H,8-9H2,1-2H3,(H,23,25)/b15-13-. The highest BCUT2D eigenvalue weighted by Gasteiger charge is 2.09. The maximum absolute atomic E-state index is 12.1. The lowest BCUT2D eigenvalue weighted by atomic mass is 10.1. The average Bonchev–Trinajstić information content (AvgIpc) is 2.67. The zero-order valence-corrected chi connectivity index (χ0v) is 15.2. The summed E-state index contributed by atoms with van der Waals surface area (Å²) in [6, 6.07) is 13.6. The number of ether oxygens (including phenoxy) is 2. The van der Waals surface area contributed by atoms with Gasteiger partial charge in [-0.25, -0.2) is 0 Å². The van der Waals surface area contributed by atoms with Crippen LogP contribution in [-0.4, -0.2) is 31.8 Å². The van der Waals surface area contributed by atoms with Crippen molar-refractivity contribution in [2.24, 2.45) is 0 Å². The van der Waals surface area contributed by atoms with Gasteiger partial charge in [-0.05, 0) is 36.2 Å². The fraction of sp³-hybridized carbons (Fsp3) is 0.200. The monoisotopic (exact) mass is 367 g/mol. The molecule has 27 heavy (non-hydrogen) atoms. The van der Waals surface area contributed by atoms with Gasteiger partial charge in [0.15, 0.2) is 11.5 Å². The third kappa shape index (κ3) is 5.68. The number of anilines is 1. The molecule has 0 heterocycles. The minimum absolute atomic E-state index is 0.0309. The molecule has 0 saturated carbocycles. The van der Waals surface area contributed by atoms with Crippen LogP contribution in [0.1, 0.15) is 5.56 Å². The molecule has 3 N–H and O–H groups in total. The Morgan fingerprint density at radius 1 is 1.19 bits per heavy atom. The minimum Gasteiger partial charge on any atom is -0.508 e. The maximum Gasteiger partial charge on any atom is 0.267 e. The summed E-state index contributed by atoms with van der Waals surface area (Å²) in [5.41, 5.74) is 1.37. The summed E-state index contributed by atoms with van der Waals surface area (Å²) in [6.07, 6.45) is 2.04. The van der Waals surface area contributed by atoms with Gasteiger partial charge in [0.05, 0.1) is 14.2 Å². The second kappa shape index (κ2) is 9.73. The van der Waals surface area contributed by atoms with Gasteiger partial charge >= 0.3 is 0 Å². The van der Waals surface area contributed by atoms with Gasteiger partial charge in [0.1, 0.15) is 17.4 Å². The van der Waals surface area contributed by atoms with Gasteiger partial charge in [0.25, 0.3) is 5.91 Å². The number of carbonyl (C=O) groups excluding carboxylic acids is 1. The van der Waals surface area contributed by atoms with Gasteiger partial charge in [0, 0.05) is 24.5 Å². The van der Waals surface area contributed by atoms with E-state index in [1.165, 1.54) is 18.3 Å². The number of amides is 1. The Labute approximate surface area is 157 Å². The normalized spacial score (nSPS) is 10.6. The number of hydrogen-bond donors (Lipinski definition) is 3. The van der Waals surface area contributed by atoms with E-state index in [9.17, 15) is 15.2 Å². The number of rotatable bonds is 8. The van der Waals surface area contributed by atoms with Crippen LogP contribution >= 0.6 is 0 Å². The van der Waals surface area contributed by atoms with E-state index >= 15 is 0 Å². The van der Waals surface area contributed by atoms with E-state index in [2.05, 4.69) is 10.6 Å². The fourth-order valence-corrected chi connectivity index (χ4v) is 2.36. The topological polar surface area (TPSA) is 104 Å². The van der Waals surface area contributed by atoms with Crippen molar-refractivity contribution < 1.29 is 19.4 Å². The van der Waals surface area contributed by atoms with E-state index < -0.39 is 5.91 Å². The van der Waals surface area contributed by atoms with Crippen molar-refractivity contribution >= 4 is 11.6 Å². The van der Waals surface area contributed by atoms with Crippen LogP contribution in [0.3, 0.4) is 0 Å². The number of nitrogens with one attached hydrogen (secondary N) is 2. The molecule has 1 amide bonds. The predicted molar refractivity (Wildman–Crippen MR) is 102 cm³/mol. The third-order valence-corrected chi connectivity index (χ3v) is 3.72. The second-order valence-corrected chi connectivity index (χ2v) is 5.57. The van der Waals surface area contributed by atoms with Crippen LogP contribution in [0.2, 0.25) is 0 Å². The van der Waals surface area contributed by atoms with Gasteiger partial charge in [-0.2, -0.15) is 5.26 Å². The number of hydrogen-bond acceptors (Lipinski definition) is 6. The Morgan fingerprint density at radius 3 is 2.63 bits per heavy atom. The zero-order valence-electron chi connectivity index (χ0n) is 15.2. The molecule has 0 radical (unpaired) electrons. The summed E-state index contributed by atoms with van der Waals surface area (Å²) >= 11 is 0. The first-order valence-corrected chi connectivity index (χ1v) is 8.22. The quantitative estimate of drug-likeness (QED) is 0.376. The molecule has 7 nitrogen and oxygen atoms in total. The number of methoxy groups -OCH3 is 2. The van der Waals surface area contributed by atoms with Crippen molar-refractivity contribution in [2.45, 2.75) is 6.42 Å². The summed E-state index contributed by atoms with van der Waals surface area (Å²) in [7, 11) is 3.15. The van der Waals surface area contributed by atoms with E-state index in [-0.39, 0.29) is 11.3 Å². The lowest BCUT2D eigenvalue weighted by Gasteiger charge is -2.09. The molecule has 0 spiro atoms.